The Hall–Kier alpha value is -0.610. The molecule has 0 unspecified atom stereocenters. The molecule has 1 saturated carbocycles. The van der Waals surface area contributed by atoms with Crippen LogP contribution in [0.3, 0.4) is 0 Å². The molecule has 0 aliphatic heterocycles. The van der Waals surface area contributed by atoms with Crippen LogP contribution < -0.4 is 5.32 Å². The molecular formula is C11H21NO3. The molecule has 4 heteroatoms. The highest BCUT2D eigenvalue weighted by molar-refractivity contribution is 5.71. The summed E-state index contributed by atoms with van der Waals surface area (Å²) in [6, 6.07) is 0.418. The molecule has 0 atom stereocenters. The summed E-state index contributed by atoms with van der Waals surface area (Å²) >= 11 is 0. The van der Waals surface area contributed by atoms with E-state index in [2.05, 4.69) is 5.32 Å². The van der Waals surface area contributed by atoms with Crippen LogP contribution in [0.5, 0.6) is 0 Å². The standard InChI is InChI=1S/C11H21NO3/c1-4-14-10-5-9(6-10)12-7-11(13)15-8(2)3/h8-10,12H,4-7H2,1-3H3. The first kappa shape index (κ1) is 12.5. The predicted molar refractivity (Wildman–Crippen MR) is 57.7 cm³/mol. The minimum absolute atomic E-state index is 0.0307. The smallest absolute Gasteiger partial charge is 0.320 e. The average molecular weight is 215 g/mol. The lowest BCUT2D eigenvalue weighted by molar-refractivity contribution is -0.146. The maximum atomic E-state index is 11.2. The molecule has 4 nitrogen and oxygen atoms in total. The molecule has 1 aliphatic rings. The number of nitrogens with one attached hydrogen (secondary N) is 1. The molecule has 0 radical (unpaired) electrons. The lowest BCUT2D eigenvalue weighted by Crippen LogP contribution is -2.47. The number of esters is 1. The largest absolute Gasteiger partial charge is 0.462 e. The Labute approximate surface area is 91.3 Å². The zero-order valence-corrected chi connectivity index (χ0v) is 9.79. The highest BCUT2D eigenvalue weighted by Gasteiger charge is 2.29. The fourth-order valence-electron chi connectivity index (χ4n) is 1.64. The fourth-order valence-corrected chi connectivity index (χ4v) is 1.64. The van der Waals surface area contributed by atoms with Crippen molar-refractivity contribution in [2.75, 3.05) is 13.2 Å². The van der Waals surface area contributed by atoms with Gasteiger partial charge in [0.2, 0.25) is 0 Å². The monoisotopic (exact) mass is 215 g/mol. The van der Waals surface area contributed by atoms with Crippen LogP contribution in [0, 0.1) is 0 Å². The summed E-state index contributed by atoms with van der Waals surface area (Å²) in [4.78, 5) is 11.2. The van der Waals surface area contributed by atoms with Crippen molar-refractivity contribution in [1.29, 1.82) is 0 Å². The van der Waals surface area contributed by atoms with Gasteiger partial charge in [0.25, 0.3) is 0 Å². The van der Waals surface area contributed by atoms with Crippen LogP contribution in [-0.2, 0) is 14.3 Å². The van der Waals surface area contributed by atoms with Gasteiger partial charge in [0.05, 0.1) is 18.8 Å². The van der Waals surface area contributed by atoms with E-state index in [0.717, 1.165) is 19.4 Å². The third-order valence-corrected chi connectivity index (χ3v) is 2.40. The van der Waals surface area contributed by atoms with Crippen molar-refractivity contribution in [3.8, 4) is 0 Å². The summed E-state index contributed by atoms with van der Waals surface area (Å²) in [5, 5.41) is 3.16. The lowest BCUT2D eigenvalue weighted by atomic mass is 9.89. The van der Waals surface area contributed by atoms with E-state index in [0.29, 0.717) is 18.7 Å². The second-order valence-corrected chi connectivity index (χ2v) is 4.17. The van der Waals surface area contributed by atoms with Gasteiger partial charge in [-0.15, -0.1) is 0 Å². The average Bonchev–Trinajstić information content (AvgIpc) is 2.07. The SMILES string of the molecule is CCOC1CC(NCC(=O)OC(C)C)C1. The van der Waals surface area contributed by atoms with E-state index in [1.807, 2.05) is 20.8 Å². The molecule has 0 aromatic carbocycles. The highest BCUT2D eigenvalue weighted by atomic mass is 16.5. The van der Waals surface area contributed by atoms with Crippen molar-refractivity contribution in [1.82, 2.24) is 5.32 Å². The number of rotatable bonds is 6. The van der Waals surface area contributed by atoms with E-state index in [1.54, 1.807) is 0 Å². The third kappa shape index (κ3) is 4.62. The molecule has 0 bridgehead atoms. The van der Waals surface area contributed by atoms with E-state index in [4.69, 9.17) is 9.47 Å². The van der Waals surface area contributed by atoms with Crippen molar-refractivity contribution < 1.29 is 14.3 Å². The number of carbonyl (C=O) groups is 1. The van der Waals surface area contributed by atoms with Gasteiger partial charge in [-0.05, 0) is 33.6 Å². The van der Waals surface area contributed by atoms with Gasteiger partial charge in [0, 0.05) is 12.6 Å². The Morgan fingerprint density at radius 3 is 2.67 bits per heavy atom. The van der Waals surface area contributed by atoms with Crippen molar-refractivity contribution in [2.24, 2.45) is 0 Å². The zero-order valence-electron chi connectivity index (χ0n) is 9.79. The molecule has 15 heavy (non-hydrogen) atoms. The van der Waals surface area contributed by atoms with Gasteiger partial charge >= 0.3 is 5.97 Å². The Bertz CT molecular complexity index is 200. The van der Waals surface area contributed by atoms with E-state index in [-0.39, 0.29) is 12.1 Å². The van der Waals surface area contributed by atoms with Crippen LogP contribution >= 0.6 is 0 Å². The third-order valence-electron chi connectivity index (χ3n) is 2.40. The van der Waals surface area contributed by atoms with Gasteiger partial charge in [-0.25, -0.2) is 0 Å². The molecule has 0 heterocycles. The number of hydrogen-bond acceptors (Lipinski definition) is 4. The molecule has 0 aromatic rings. The van der Waals surface area contributed by atoms with Crippen LogP contribution in [0.15, 0.2) is 0 Å². The first-order valence-electron chi connectivity index (χ1n) is 5.66. The topological polar surface area (TPSA) is 47.6 Å². The van der Waals surface area contributed by atoms with E-state index in [9.17, 15) is 4.79 Å². The van der Waals surface area contributed by atoms with Gasteiger partial charge in [0.1, 0.15) is 0 Å². The van der Waals surface area contributed by atoms with Crippen molar-refractivity contribution in [3.63, 3.8) is 0 Å². The molecule has 0 spiro atoms. The van der Waals surface area contributed by atoms with Crippen LogP contribution in [0.25, 0.3) is 0 Å². The van der Waals surface area contributed by atoms with Gasteiger partial charge in [-0.2, -0.15) is 0 Å². The molecule has 1 aliphatic carbocycles. The second kappa shape index (κ2) is 6.08. The second-order valence-electron chi connectivity index (χ2n) is 4.17. The van der Waals surface area contributed by atoms with Crippen LogP contribution in [0.1, 0.15) is 33.6 Å². The lowest BCUT2D eigenvalue weighted by Gasteiger charge is -2.35. The molecule has 1 rings (SSSR count). The molecule has 1 fully saturated rings. The first-order chi connectivity index (χ1) is 7.11. The summed E-state index contributed by atoms with van der Waals surface area (Å²) in [5.74, 6) is -0.176. The predicted octanol–water partition coefficient (Wildman–Crippen LogP) is 1.10. The maximum absolute atomic E-state index is 11.2. The molecule has 0 aromatic heterocycles. The number of hydrogen-bond donors (Lipinski definition) is 1. The summed E-state index contributed by atoms with van der Waals surface area (Å²) in [6.45, 7) is 6.79. The Morgan fingerprint density at radius 2 is 2.13 bits per heavy atom. The summed E-state index contributed by atoms with van der Waals surface area (Å²) in [7, 11) is 0. The van der Waals surface area contributed by atoms with Crippen molar-refractivity contribution in [2.45, 2.75) is 51.9 Å². The van der Waals surface area contributed by atoms with Crippen LogP contribution in [-0.4, -0.2) is 37.4 Å². The van der Waals surface area contributed by atoms with Gasteiger partial charge < -0.3 is 14.8 Å². The van der Waals surface area contributed by atoms with Crippen LogP contribution in [0.2, 0.25) is 0 Å². The van der Waals surface area contributed by atoms with Crippen molar-refractivity contribution >= 4 is 5.97 Å². The first-order valence-corrected chi connectivity index (χ1v) is 5.66. The minimum atomic E-state index is -0.176. The van der Waals surface area contributed by atoms with E-state index in [1.165, 1.54) is 0 Å². The maximum Gasteiger partial charge on any atom is 0.320 e. The van der Waals surface area contributed by atoms with Crippen LogP contribution in [0.4, 0.5) is 0 Å². The van der Waals surface area contributed by atoms with Crippen molar-refractivity contribution in [3.05, 3.63) is 0 Å². The van der Waals surface area contributed by atoms with Gasteiger partial charge in [0.15, 0.2) is 0 Å². The molecule has 0 saturated heterocycles. The van der Waals surface area contributed by atoms with E-state index >= 15 is 0 Å². The highest BCUT2D eigenvalue weighted by Crippen LogP contribution is 2.22. The summed E-state index contributed by atoms with van der Waals surface area (Å²) < 4.78 is 10.4. The molecule has 88 valence electrons. The zero-order chi connectivity index (χ0) is 11.3. The molecule has 1 N–H and O–H groups in total. The number of ether oxygens (including phenoxy) is 2. The quantitative estimate of drug-likeness (QED) is 0.674. The summed E-state index contributed by atoms with van der Waals surface area (Å²) in [5.41, 5.74) is 0. The van der Waals surface area contributed by atoms with E-state index < -0.39 is 0 Å². The van der Waals surface area contributed by atoms with Gasteiger partial charge in [-0.1, -0.05) is 0 Å². The normalized spacial score (nSPS) is 25.1. The Morgan fingerprint density at radius 1 is 1.47 bits per heavy atom. The molecule has 0 amide bonds. The Kier molecular flexibility index (Phi) is 5.05. The van der Waals surface area contributed by atoms with Gasteiger partial charge in [-0.3, -0.25) is 4.79 Å². The Balaban J connectivity index is 2.00. The summed E-state index contributed by atoms with van der Waals surface area (Å²) in [6.07, 6.45) is 2.36. The fraction of sp³-hybridized carbons (Fsp3) is 0.909. The number of carbonyl (C=O) groups excluding carboxylic acids is 1. The molecular weight excluding hydrogens is 194 g/mol. The minimum Gasteiger partial charge on any atom is -0.462 e.